The summed E-state index contributed by atoms with van der Waals surface area (Å²) in [5.41, 5.74) is 0.121. The first kappa shape index (κ1) is 21.2. The molecule has 0 spiro atoms. The van der Waals surface area contributed by atoms with Gasteiger partial charge in [0.15, 0.2) is 5.96 Å². The van der Waals surface area contributed by atoms with Crippen LogP contribution in [-0.4, -0.2) is 66.7 Å². The van der Waals surface area contributed by atoms with Gasteiger partial charge in [0.2, 0.25) is 0 Å². The number of piperazine rings is 1. The summed E-state index contributed by atoms with van der Waals surface area (Å²) in [6.07, 6.45) is 2.95. The molecule has 148 valence electrons. The Morgan fingerprint density at radius 3 is 2.50 bits per heavy atom. The van der Waals surface area contributed by atoms with E-state index in [9.17, 15) is 5.11 Å². The van der Waals surface area contributed by atoms with Gasteiger partial charge in [-0.15, -0.1) is 11.3 Å². The number of nitrogens with zero attached hydrogens (tertiary/aromatic N) is 3. The zero-order chi connectivity index (χ0) is 18.8. The van der Waals surface area contributed by atoms with Gasteiger partial charge in [0.05, 0.1) is 0 Å². The second kappa shape index (κ2) is 10.9. The van der Waals surface area contributed by atoms with E-state index in [0.29, 0.717) is 0 Å². The van der Waals surface area contributed by atoms with Crippen molar-refractivity contribution in [1.29, 1.82) is 0 Å². The van der Waals surface area contributed by atoms with Gasteiger partial charge in [-0.25, -0.2) is 0 Å². The van der Waals surface area contributed by atoms with Crippen LogP contribution in [0.5, 0.6) is 0 Å². The van der Waals surface area contributed by atoms with Crippen molar-refractivity contribution in [3.05, 3.63) is 22.4 Å². The SMILES string of the molecule is CCNC(=NCC(CC)(CC)CCO)N1CCN(Cc2cccs2)CC1. The fourth-order valence-electron chi connectivity index (χ4n) is 3.55. The van der Waals surface area contributed by atoms with E-state index in [2.05, 4.69) is 53.4 Å². The molecule has 2 heterocycles. The molecule has 1 aromatic heterocycles. The second-order valence-corrected chi connectivity index (χ2v) is 8.23. The Morgan fingerprint density at radius 2 is 1.96 bits per heavy atom. The Balaban J connectivity index is 1.94. The minimum absolute atomic E-state index is 0.121. The van der Waals surface area contributed by atoms with Crippen LogP contribution in [0.1, 0.15) is 44.9 Å². The smallest absolute Gasteiger partial charge is 0.194 e. The summed E-state index contributed by atoms with van der Waals surface area (Å²) in [5.74, 6) is 1.03. The highest BCUT2D eigenvalue weighted by Crippen LogP contribution is 2.30. The number of hydrogen-bond acceptors (Lipinski definition) is 4. The van der Waals surface area contributed by atoms with Crippen molar-refractivity contribution in [3.63, 3.8) is 0 Å². The predicted molar refractivity (Wildman–Crippen MR) is 112 cm³/mol. The summed E-state index contributed by atoms with van der Waals surface area (Å²) in [7, 11) is 0. The molecule has 0 unspecified atom stereocenters. The number of guanidine groups is 1. The van der Waals surface area contributed by atoms with Crippen molar-refractivity contribution < 1.29 is 5.11 Å². The molecule has 26 heavy (non-hydrogen) atoms. The van der Waals surface area contributed by atoms with E-state index >= 15 is 0 Å². The molecule has 1 aromatic rings. The fourth-order valence-corrected chi connectivity index (χ4v) is 4.30. The molecule has 1 saturated heterocycles. The third-order valence-electron chi connectivity index (χ3n) is 5.67. The van der Waals surface area contributed by atoms with Gasteiger partial charge in [-0.05, 0) is 43.0 Å². The van der Waals surface area contributed by atoms with Crippen LogP contribution in [0.2, 0.25) is 0 Å². The molecule has 0 saturated carbocycles. The number of nitrogens with one attached hydrogen (secondary N) is 1. The molecule has 0 amide bonds. The maximum atomic E-state index is 9.44. The summed E-state index contributed by atoms with van der Waals surface area (Å²) in [4.78, 5) is 11.3. The molecule has 1 aliphatic rings. The predicted octanol–water partition coefficient (Wildman–Crippen LogP) is 3.02. The molecule has 5 nitrogen and oxygen atoms in total. The van der Waals surface area contributed by atoms with Gasteiger partial charge in [-0.2, -0.15) is 0 Å². The lowest BCUT2D eigenvalue weighted by atomic mass is 9.79. The Kier molecular flexibility index (Phi) is 8.88. The highest BCUT2D eigenvalue weighted by atomic mass is 32.1. The number of aliphatic hydroxyl groups is 1. The molecule has 2 N–H and O–H groups in total. The van der Waals surface area contributed by atoms with Crippen molar-refractivity contribution in [2.45, 2.75) is 46.6 Å². The average molecular weight is 381 g/mol. The summed E-state index contributed by atoms with van der Waals surface area (Å²) in [5, 5.41) is 15.1. The van der Waals surface area contributed by atoms with Gasteiger partial charge in [-0.1, -0.05) is 19.9 Å². The van der Waals surface area contributed by atoms with E-state index < -0.39 is 0 Å². The lowest BCUT2D eigenvalue weighted by Gasteiger charge is -2.37. The highest BCUT2D eigenvalue weighted by molar-refractivity contribution is 7.09. The minimum Gasteiger partial charge on any atom is -0.396 e. The molecule has 0 aromatic carbocycles. The Hall–Kier alpha value is -1.11. The zero-order valence-corrected chi connectivity index (χ0v) is 17.5. The maximum Gasteiger partial charge on any atom is 0.194 e. The zero-order valence-electron chi connectivity index (χ0n) is 16.7. The summed E-state index contributed by atoms with van der Waals surface area (Å²) in [6.45, 7) is 13.7. The van der Waals surface area contributed by atoms with Gasteiger partial charge in [0.25, 0.3) is 0 Å². The second-order valence-electron chi connectivity index (χ2n) is 7.19. The highest BCUT2D eigenvalue weighted by Gasteiger charge is 2.26. The first-order chi connectivity index (χ1) is 12.7. The van der Waals surface area contributed by atoms with Crippen molar-refractivity contribution in [2.75, 3.05) is 45.9 Å². The topological polar surface area (TPSA) is 51.1 Å². The summed E-state index contributed by atoms with van der Waals surface area (Å²) >= 11 is 1.84. The van der Waals surface area contributed by atoms with E-state index in [0.717, 1.165) is 71.0 Å². The van der Waals surface area contributed by atoms with Gasteiger partial charge < -0.3 is 15.3 Å². The molecule has 0 aliphatic carbocycles. The molecule has 1 fully saturated rings. The van der Waals surface area contributed by atoms with Crippen LogP contribution >= 0.6 is 11.3 Å². The third kappa shape index (κ3) is 5.96. The van der Waals surface area contributed by atoms with Gasteiger partial charge in [-0.3, -0.25) is 9.89 Å². The minimum atomic E-state index is 0.121. The van der Waals surface area contributed by atoms with E-state index in [-0.39, 0.29) is 12.0 Å². The van der Waals surface area contributed by atoms with Crippen LogP contribution in [0, 0.1) is 5.41 Å². The quantitative estimate of drug-likeness (QED) is 0.511. The normalized spacial score (nSPS) is 16.9. The number of aliphatic imine (C=N–C) groups is 1. The van der Waals surface area contributed by atoms with Crippen molar-refractivity contribution in [2.24, 2.45) is 10.4 Å². The van der Waals surface area contributed by atoms with Gasteiger partial charge in [0.1, 0.15) is 0 Å². The fraction of sp³-hybridized carbons (Fsp3) is 0.750. The Bertz CT molecular complexity index is 520. The number of hydrogen-bond donors (Lipinski definition) is 2. The first-order valence-corrected chi connectivity index (χ1v) is 10.9. The van der Waals surface area contributed by atoms with Crippen LogP contribution in [0.3, 0.4) is 0 Å². The monoisotopic (exact) mass is 380 g/mol. The first-order valence-electron chi connectivity index (χ1n) is 10.0. The lowest BCUT2D eigenvalue weighted by Crippen LogP contribution is -2.52. The number of thiophene rings is 1. The molecular formula is C20H36N4OS. The number of rotatable bonds is 9. The Labute approximate surface area is 163 Å². The van der Waals surface area contributed by atoms with E-state index in [1.807, 2.05) is 11.3 Å². The number of aliphatic hydroxyl groups excluding tert-OH is 1. The van der Waals surface area contributed by atoms with Crippen molar-refractivity contribution in [1.82, 2.24) is 15.1 Å². The molecule has 0 atom stereocenters. The molecule has 0 bridgehead atoms. The lowest BCUT2D eigenvalue weighted by molar-refractivity contribution is 0.167. The molecule has 2 rings (SSSR count). The molecule has 1 aliphatic heterocycles. The third-order valence-corrected chi connectivity index (χ3v) is 6.53. The standard InChI is InChI=1S/C20H36N4OS/c1-4-20(5-2,9-14-25)17-22-19(21-6-3)24-12-10-23(11-13-24)16-18-8-7-15-26-18/h7-8,15,25H,4-6,9-14,16-17H2,1-3H3,(H,21,22). The van der Waals surface area contributed by atoms with Crippen molar-refractivity contribution >= 4 is 17.3 Å². The van der Waals surface area contributed by atoms with Crippen LogP contribution in [0.15, 0.2) is 22.5 Å². The van der Waals surface area contributed by atoms with Gasteiger partial charge >= 0.3 is 0 Å². The van der Waals surface area contributed by atoms with Crippen LogP contribution in [0.25, 0.3) is 0 Å². The molecule has 0 radical (unpaired) electrons. The largest absolute Gasteiger partial charge is 0.396 e. The van der Waals surface area contributed by atoms with Gasteiger partial charge in [0, 0.05) is 57.3 Å². The van der Waals surface area contributed by atoms with Crippen molar-refractivity contribution in [3.8, 4) is 0 Å². The molecule has 6 heteroatoms. The maximum absolute atomic E-state index is 9.44. The molecular weight excluding hydrogens is 344 g/mol. The van der Waals surface area contributed by atoms with Crippen LogP contribution in [-0.2, 0) is 6.54 Å². The van der Waals surface area contributed by atoms with E-state index in [4.69, 9.17) is 4.99 Å². The Morgan fingerprint density at radius 1 is 1.23 bits per heavy atom. The van der Waals surface area contributed by atoms with E-state index in [1.54, 1.807) is 0 Å². The average Bonchev–Trinajstić information content (AvgIpc) is 3.18. The van der Waals surface area contributed by atoms with E-state index in [1.165, 1.54) is 4.88 Å². The summed E-state index contributed by atoms with van der Waals surface area (Å²) < 4.78 is 0. The summed E-state index contributed by atoms with van der Waals surface area (Å²) in [6, 6.07) is 4.35. The van der Waals surface area contributed by atoms with Crippen LogP contribution in [0.4, 0.5) is 0 Å². The van der Waals surface area contributed by atoms with Crippen LogP contribution < -0.4 is 5.32 Å².